The fourth-order valence-corrected chi connectivity index (χ4v) is 8.82. The van der Waals surface area contributed by atoms with Crippen molar-refractivity contribution in [2.24, 2.45) is 46.3 Å². The van der Waals surface area contributed by atoms with E-state index in [-0.39, 0.29) is 0 Å². The highest BCUT2D eigenvalue weighted by atomic mass is 16.4. The Balaban J connectivity index is 0.00000109. The third kappa shape index (κ3) is 3.67. The zero-order valence-corrected chi connectivity index (χ0v) is 19.3. The van der Waals surface area contributed by atoms with Gasteiger partial charge in [-0.25, -0.2) is 0 Å². The van der Waals surface area contributed by atoms with Crippen molar-refractivity contribution < 1.29 is 9.90 Å². The number of aliphatic carboxylic acids is 1. The summed E-state index contributed by atoms with van der Waals surface area (Å²) in [7, 11) is 0. The van der Waals surface area contributed by atoms with Gasteiger partial charge in [-0.05, 0) is 104 Å². The first-order valence-corrected chi connectivity index (χ1v) is 12.6. The fourth-order valence-electron chi connectivity index (χ4n) is 8.82. The molecule has 0 amide bonds. The van der Waals surface area contributed by atoms with Crippen LogP contribution in [0, 0.1) is 46.3 Å². The zero-order chi connectivity index (χ0) is 20.5. The maximum absolute atomic E-state index is 11.0. The van der Waals surface area contributed by atoms with Crippen LogP contribution in [0.4, 0.5) is 0 Å². The zero-order valence-electron chi connectivity index (χ0n) is 19.3. The molecular weight excluding hydrogens is 344 g/mol. The maximum atomic E-state index is 11.0. The molecule has 0 saturated heterocycles. The lowest BCUT2D eigenvalue weighted by atomic mass is 9.44. The van der Waals surface area contributed by atoms with Crippen LogP contribution in [0.3, 0.4) is 0 Å². The van der Waals surface area contributed by atoms with E-state index >= 15 is 0 Å². The largest absolute Gasteiger partial charge is 0.481 e. The van der Waals surface area contributed by atoms with E-state index in [2.05, 4.69) is 20.8 Å². The molecule has 28 heavy (non-hydrogen) atoms. The summed E-state index contributed by atoms with van der Waals surface area (Å²) in [6.07, 6.45) is 15.7. The van der Waals surface area contributed by atoms with E-state index in [1.807, 2.05) is 13.8 Å². The summed E-state index contributed by atoms with van der Waals surface area (Å²) in [5, 5.41) is 9.09. The van der Waals surface area contributed by atoms with Gasteiger partial charge in [0.2, 0.25) is 0 Å². The second-order valence-corrected chi connectivity index (χ2v) is 11.0. The van der Waals surface area contributed by atoms with Crippen molar-refractivity contribution in [2.45, 2.75) is 112 Å². The molecular formula is C26H46O2. The van der Waals surface area contributed by atoms with E-state index < -0.39 is 5.97 Å². The second kappa shape index (κ2) is 8.68. The molecule has 0 bridgehead atoms. The third-order valence-electron chi connectivity index (χ3n) is 10.2. The maximum Gasteiger partial charge on any atom is 0.303 e. The van der Waals surface area contributed by atoms with Crippen LogP contribution in [0.2, 0.25) is 0 Å². The number of carboxylic acid groups (broad SMARTS) is 1. The Morgan fingerprint density at radius 1 is 0.929 bits per heavy atom. The molecule has 0 aromatic heterocycles. The van der Waals surface area contributed by atoms with Crippen LogP contribution in [-0.2, 0) is 4.79 Å². The summed E-state index contributed by atoms with van der Waals surface area (Å²) < 4.78 is 0. The van der Waals surface area contributed by atoms with Crippen molar-refractivity contribution in [2.75, 3.05) is 0 Å². The Kier molecular flexibility index (Phi) is 6.87. The van der Waals surface area contributed by atoms with Crippen LogP contribution in [0.5, 0.6) is 0 Å². The summed E-state index contributed by atoms with van der Waals surface area (Å²) in [5.41, 5.74) is 1.12. The molecule has 4 fully saturated rings. The molecule has 7 unspecified atom stereocenters. The fraction of sp³-hybridized carbons (Fsp3) is 0.962. The average Bonchev–Trinajstić information content (AvgIpc) is 3.04. The standard InChI is InChI=1S/C24H40O2.C2H6/c1-16(7-12-22(25)26)19-10-11-20-18-9-8-17-6-4-5-14-23(17,2)21(18)13-15-24(19,20)3;1-2/h16-21H,4-15H2,1-3H3,(H,25,26);1-2H3/t16-,17?,18?,19?,20?,21?,23?,24?;/m1./s1. The van der Waals surface area contributed by atoms with Gasteiger partial charge in [0, 0.05) is 6.42 Å². The second-order valence-electron chi connectivity index (χ2n) is 11.0. The van der Waals surface area contributed by atoms with Crippen LogP contribution < -0.4 is 0 Å². The first kappa shape index (κ1) is 22.2. The minimum atomic E-state index is -0.621. The Labute approximate surface area is 174 Å². The highest BCUT2D eigenvalue weighted by Crippen LogP contribution is 2.68. The molecule has 2 nitrogen and oxygen atoms in total. The lowest BCUT2D eigenvalue weighted by Gasteiger charge is -2.61. The van der Waals surface area contributed by atoms with Gasteiger partial charge in [0.15, 0.2) is 0 Å². The minimum absolute atomic E-state index is 0.351. The normalized spacial score (nSPS) is 45.7. The van der Waals surface area contributed by atoms with E-state index in [0.29, 0.717) is 23.2 Å². The minimum Gasteiger partial charge on any atom is -0.481 e. The molecule has 0 aromatic carbocycles. The lowest BCUT2D eigenvalue weighted by Crippen LogP contribution is -2.53. The average molecular weight is 391 g/mol. The molecule has 2 heteroatoms. The van der Waals surface area contributed by atoms with E-state index in [1.165, 1.54) is 64.2 Å². The van der Waals surface area contributed by atoms with Crippen molar-refractivity contribution in [3.8, 4) is 0 Å². The highest BCUT2D eigenvalue weighted by molar-refractivity contribution is 5.66. The molecule has 4 rings (SSSR count). The smallest absolute Gasteiger partial charge is 0.303 e. The van der Waals surface area contributed by atoms with Crippen molar-refractivity contribution in [3.05, 3.63) is 0 Å². The first-order valence-electron chi connectivity index (χ1n) is 12.6. The van der Waals surface area contributed by atoms with Crippen LogP contribution in [0.1, 0.15) is 112 Å². The molecule has 4 aliphatic carbocycles. The van der Waals surface area contributed by atoms with E-state index in [1.54, 1.807) is 0 Å². The number of carbonyl (C=O) groups is 1. The Morgan fingerprint density at radius 3 is 2.36 bits per heavy atom. The summed E-state index contributed by atoms with van der Waals surface area (Å²) in [6, 6.07) is 0. The van der Waals surface area contributed by atoms with Crippen molar-refractivity contribution in [1.29, 1.82) is 0 Å². The van der Waals surface area contributed by atoms with Crippen LogP contribution >= 0.6 is 0 Å². The lowest BCUT2D eigenvalue weighted by molar-refractivity contribution is -0.137. The van der Waals surface area contributed by atoms with Gasteiger partial charge in [-0.15, -0.1) is 0 Å². The molecule has 4 saturated carbocycles. The third-order valence-corrected chi connectivity index (χ3v) is 10.2. The van der Waals surface area contributed by atoms with Gasteiger partial charge >= 0.3 is 5.97 Å². The van der Waals surface area contributed by atoms with Gasteiger partial charge in [0.25, 0.3) is 0 Å². The first-order chi connectivity index (χ1) is 13.4. The highest BCUT2D eigenvalue weighted by Gasteiger charge is 2.60. The van der Waals surface area contributed by atoms with E-state index in [4.69, 9.17) is 5.11 Å². The predicted octanol–water partition coefficient (Wildman–Crippen LogP) is 7.56. The number of fused-ring (bicyclic) bond motifs is 5. The number of hydrogen-bond acceptors (Lipinski definition) is 1. The molecule has 0 heterocycles. The predicted molar refractivity (Wildman–Crippen MR) is 117 cm³/mol. The van der Waals surface area contributed by atoms with Crippen molar-refractivity contribution >= 4 is 5.97 Å². The molecule has 1 N–H and O–H groups in total. The molecule has 0 aliphatic heterocycles. The summed E-state index contributed by atoms with van der Waals surface area (Å²) >= 11 is 0. The topological polar surface area (TPSA) is 37.3 Å². The van der Waals surface area contributed by atoms with Crippen LogP contribution in [0.25, 0.3) is 0 Å². The summed E-state index contributed by atoms with van der Waals surface area (Å²) in [4.78, 5) is 11.0. The quantitative estimate of drug-likeness (QED) is 0.537. The molecule has 0 aromatic rings. The number of rotatable bonds is 4. The summed E-state index contributed by atoms with van der Waals surface area (Å²) in [6.45, 7) is 11.6. The van der Waals surface area contributed by atoms with Gasteiger partial charge in [-0.3, -0.25) is 4.79 Å². The van der Waals surface area contributed by atoms with Crippen molar-refractivity contribution in [3.63, 3.8) is 0 Å². The van der Waals surface area contributed by atoms with Crippen LogP contribution in [0.15, 0.2) is 0 Å². The van der Waals surface area contributed by atoms with Gasteiger partial charge < -0.3 is 5.11 Å². The van der Waals surface area contributed by atoms with Crippen LogP contribution in [-0.4, -0.2) is 11.1 Å². The molecule has 162 valence electrons. The molecule has 0 radical (unpaired) electrons. The monoisotopic (exact) mass is 390 g/mol. The van der Waals surface area contributed by atoms with Gasteiger partial charge in [-0.2, -0.15) is 0 Å². The Morgan fingerprint density at radius 2 is 1.64 bits per heavy atom. The Bertz CT molecular complexity index is 543. The van der Waals surface area contributed by atoms with E-state index in [0.717, 1.165) is 36.0 Å². The number of hydrogen-bond donors (Lipinski definition) is 1. The van der Waals surface area contributed by atoms with Crippen molar-refractivity contribution in [1.82, 2.24) is 0 Å². The number of carboxylic acids is 1. The molecule has 0 spiro atoms. The van der Waals surface area contributed by atoms with Gasteiger partial charge in [-0.1, -0.05) is 47.5 Å². The Hall–Kier alpha value is -0.530. The van der Waals surface area contributed by atoms with Gasteiger partial charge in [0.05, 0.1) is 0 Å². The SMILES string of the molecule is CC.C[C@H](CCC(=O)O)C1CCC2C3CCC4CCCCC4(C)C3CCC21C. The summed E-state index contributed by atoms with van der Waals surface area (Å²) in [5.74, 6) is 4.57. The molecule has 8 atom stereocenters. The molecule has 4 aliphatic rings. The van der Waals surface area contributed by atoms with Gasteiger partial charge in [0.1, 0.15) is 0 Å². The van der Waals surface area contributed by atoms with E-state index in [9.17, 15) is 4.79 Å².